The van der Waals surface area contributed by atoms with E-state index in [0.717, 1.165) is 23.5 Å². The monoisotopic (exact) mass is 308 g/mol. The molecule has 5 heteroatoms. The van der Waals surface area contributed by atoms with Gasteiger partial charge in [-0.2, -0.15) is 0 Å². The number of carbonyl (C=O) groups excluding carboxylic acids is 1. The first-order valence-corrected chi connectivity index (χ1v) is 8.48. The summed E-state index contributed by atoms with van der Waals surface area (Å²) in [4.78, 5) is 18.8. The van der Waals surface area contributed by atoms with Crippen molar-refractivity contribution in [2.24, 2.45) is 0 Å². The molecule has 0 spiro atoms. The standard InChI is InChI=1S/C15H20N2OS2/c1-10-7-13(11(2)20-10)5-4-6-15(18)16-8-14-9-19-12(3)17-14/h7,9H,4-6,8H2,1-3H3,(H,16,18). The second-order valence-corrected chi connectivity index (χ2v) is 7.45. The first-order valence-electron chi connectivity index (χ1n) is 6.78. The maximum absolute atomic E-state index is 11.8. The van der Waals surface area contributed by atoms with Crippen molar-refractivity contribution in [3.05, 3.63) is 37.5 Å². The van der Waals surface area contributed by atoms with Crippen molar-refractivity contribution in [3.63, 3.8) is 0 Å². The fourth-order valence-corrected chi connectivity index (χ4v) is 3.73. The number of rotatable bonds is 6. The molecule has 0 fully saturated rings. The highest BCUT2D eigenvalue weighted by molar-refractivity contribution is 7.12. The number of nitrogens with one attached hydrogen (secondary N) is 1. The van der Waals surface area contributed by atoms with Crippen molar-refractivity contribution in [2.75, 3.05) is 0 Å². The number of hydrogen-bond donors (Lipinski definition) is 1. The van der Waals surface area contributed by atoms with Crippen LogP contribution in [0.25, 0.3) is 0 Å². The number of aromatic nitrogens is 1. The fourth-order valence-electron chi connectivity index (χ4n) is 2.14. The summed E-state index contributed by atoms with van der Waals surface area (Å²) in [5.74, 6) is 0.111. The van der Waals surface area contributed by atoms with Crippen LogP contribution in [-0.4, -0.2) is 10.9 Å². The third-order valence-corrected chi connectivity index (χ3v) is 4.96. The Kier molecular flexibility index (Phi) is 5.31. The molecule has 0 bridgehead atoms. The highest BCUT2D eigenvalue weighted by Gasteiger charge is 2.06. The SMILES string of the molecule is Cc1cc(CCCC(=O)NCc2csc(C)n2)c(C)s1. The number of aryl methyl sites for hydroxylation is 4. The summed E-state index contributed by atoms with van der Waals surface area (Å²) in [5.41, 5.74) is 2.33. The molecule has 108 valence electrons. The van der Waals surface area contributed by atoms with Crippen molar-refractivity contribution >= 4 is 28.6 Å². The zero-order chi connectivity index (χ0) is 14.5. The van der Waals surface area contributed by atoms with Gasteiger partial charge in [-0.1, -0.05) is 0 Å². The van der Waals surface area contributed by atoms with Crippen LogP contribution in [0, 0.1) is 20.8 Å². The molecular weight excluding hydrogens is 288 g/mol. The minimum atomic E-state index is 0.111. The van der Waals surface area contributed by atoms with Gasteiger partial charge in [-0.05, 0) is 45.2 Å². The Morgan fingerprint density at radius 3 is 2.75 bits per heavy atom. The van der Waals surface area contributed by atoms with E-state index in [-0.39, 0.29) is 5.91 Å². The van der Waals surface area contributed by atoms with Gasteiger partial charge in [0.1, 0.15) is 0 Å². The molecule has 0 radical (unpaired) electrons. The summed E-state index contributed by atoms with van der Waals surface area (Å²) in [7, 11) is 0. The van der Waals surface area contributed by atoms with Crippen LogP contribution >= 0.6 is 22.7 Å². The molecule has 3 nitrogen and oxygen atoms in total. The second-order valence-electron chi connectivity index (χ2n) is 4.93. The lowest BCUT2D eigenvalue weighted by Crippen LogP contribution is -2.22. The van der Waals surface area contributed by atoms with Crippen LogP contribution in [0.2, 0.25) is 0 Å². The third-order valence-electron chi connectivity index (χ3n) is 3.13. The first-order chi connectivity index (χ1) is 9.54. The smallest absolute Gasteiger partial charge is 0.220 e. The Labute approximate surface area is 128 Å². The van der Waals surface area contributed by atoms with E-state index in [1.54, 1.807) is 11.3 Å². The fraction of sp³-hybridized carbons (Fsp3) is 0.467. The molecule has 2 rings (SSSR count). The van der Waals surface area contributed by atoms with Crippen LogP contribution in [0.4, 0.5) is 0 Å². The zero-order valence-electron chi connectivity index (χ0n) is 12.2. The van der Waals surface area contributed by atoms with Gasteiger partial charge in [-0.15, -0.1) is 22.7 Å². The molecule has 2 aromatic heterocycles. The number of thiazole rings is 1. The van der Waals surface area contributed by atoms with Crippen LogP contribution < -0.4 is 5.32 Å². The van der Waals surface area contributed by atoms with Crippen LogP contribution in [-0.2, 0) is 17.8 Å². The molecule has 0 saturated heterocycles. The lowest BCUT2D eigenvalue weighted by Gasteiger charge is -2.03. The van der Waals surface area contributed by atoms with Gasteiger partial charge in [0, 0.05) is 21.6 Å². The molecule has 0 saturated carbocycles. The molecule has 0 aliphatic heterocycles. The zero-order valence-corrected chi connectivity index (χ0v) is 13.8. The topological polar surface area (TPSA) is 42.0 Å². The maximum Gasteiger partial charge on any atom is 0.220 e. The molecule has 1 N–H and O–H groups in total. The summed E-state index contributed by atoms with van der Waals surface area (Å²) in [6.45, 7) is 6.79. The summed E-state index contributed by atoms with van der Waals surface area (Å²) < 4.78 is 0. The van der Waals surface area contributed by atoms with Crippen LogP contribution in [0.15, 0.2) is 11.4 Å². The molecule has 2 aromatic rings. The van der Waals surface area contributed by atoms with E-state index < -0.39 is 0 Å². The van der Waals surface area contributed by atoms with Gasteiger partial charge in [0.2, 0.25) is 5.91 Å². The van der Waals surface area contributed by atoms with E-state index in [1.165, 1.54) is 15.3 Å². The molecule has 0 unspecified atom stereocenters. The van der Waals surface area contributed by atoms with Crippen LogP contribution in [0.1, 0.15) is 38.9 Å². The van der Waals surface area contributed by atoms with E-state index in [4.69, 9.17) is 0 Å². The number of hydrogen-bond acceptors (Lipinski definition) is 4. The number of amides is 1. The molecule has 1 amide bonds. The normalized spacial score (nSPS) is 10.8. The highest BCUT2D eigenvalue weighted by Crippen LogP contribution is 2.22. The molecular formula is C15H20N2OS2. The van der Waals surface area contributed by atoms with Gasteiger partial charge in [-0.25, -0.2) is 4.98 Å². The van der Waals surface area contributed by atoms with Gasteiger partial charge in [0.25, 0.3) is 0 Å². The Bertz CT molecular complexity index is 586. The Morgan fingerprint density at radius 1 is 1.35 bits per heavy atom. The first kappa shape index (κ1) is 15.2. The van der Waals surface area contributed by atoms with Crippen molar-refractivity contribution < 1.29 is 4.79 Å². The highest BCUT2D eigenvalue weighted by atomic mass is 32.1. The molecule has 0 aliphatic carbocycles. The number of carbonyl (C=O) groups is 1. The van der Waals surface area contributed by atoms with Gasteiger partial charge in [-0.3, -0.25) is 4.79 Å². The van der Waals surface area contributed by atoms with E-state index in [9.17, 15) is 4.79 Å². The van der Waals surface area contributed by atoms with Crippen molar-refractivity contribution in [1.82, 2.24) is 10.3 Å². The van der Waals surface area contributed by atoms with E-state index >= 15 is 0 Å². The van der Waals surface area contributed by atoms with Gasteiger partial charge >= 0.3 is 0 Å². The van der Waals surface area contributed by atoms with Crippen molar-refractivity contribution in [3.8, 4) is 0 Å². The Morgan fingerprint density at radius 2 is 2.15 bits per heavy atom. The maximum atomic E-state index is 11.8. The van der Waals surface area contributed by atoms with Gasteiger partial charge in [0.05, 0.1) is 17.2 Å². The molecule has 0 aliphatic rings. The minimum absolute atomic E-state index is 0.111. The Balaban J connectivity index is 1.69. The van der Waals surface area contributed by atoms with Crippen LogP contribution in [0.5, 0.6) is 0 Å². The average Bonchev–Trinajstić information content (AvgIpc) is 2.93. The summed E-state index contributed by atoms with van der Waals surface area (Å²) in [5, 5.41) is 5.96. The average molecular weight is 308 g/mol. The minimum Gasteiger partial charge on any atom is -0.350 e. The van der Waals surface area contributed by atoms with E-state index in [2.05, 4.69) is 30.2 Å². The van der Waals surface area contributed by atoms with Gasteiger partial charge in [0.15, 0.2) is 0 Å². The number of nitrogens with zero attached hydrogens (tertiary/aromatic N) is 1. The van der Waals surface area contributed by atoms with Crippen molar-refractivity contribution in [2.45, 2.75) is 46.6 Å². The lowest BCUT2D eigenvalue weighted by molar-refractivity contribution is -0.121. The molecule has 2 heterocycles. The second kappa shape index (κ2) is 6.99. The quantitative estimate of drug-likeness (QED) is 0.882. The predicted molar refractivity (Wildman–Crippen MR) is 85.4 cm³/mol. The molecule has 20 heavy (non-hydrogen) atoms. The summed E-state index contributed by atoms with van der Waals surface area (Å²) >= 11 is 3.44. The van der Waals surface area contributed by atoms with E-state index in [0.29, 0.717) is 13.0 Å². The molecule has 0 aromatic carbocycles. The summed E-state index contributed by atoms with van der Waals surface area (Å²) in [6, 6.07) is 2.23. The van der Waals surface area contributed by atoms with Gasteiger partial charge < -0.3 is 5.32 Å². The van der Waals surface area contributed by atoms with Crippen molar-refractivity contribution in [1.29, 1.82) is 0 Å². The third kappa shape index (κ3) is 4.42. The Hall–Kier alpha value is -1.20. The summed E-state index contributed by atoms with van der Waals surface area (Å²) in [6.07, 6.45) is 2.47. The van der Waals surface area contributed by atoms with Crippen LogP contribution in [0.3, 0.4) is 0 Å². The predicted octanol–water partition coefficient (Wildman–Crippen LogP) is 3.77. The lowest BCUT2D eigenvalue weighted by atomic mass is 10.1. The molecule has 0 atom stereocenters. The number of thiophene rings is 1. The largest absolute Gasteiger partial charge is 0.350 e. The van der Waals surface area contributed by atoms with E-state index in [1.807, 2.05) is 23.6 Å².